The van der Waals surface area contributed by atoms with Gasteiger partial charge in [0.25, 0.3) is 0 Å². The Morgan fingerprint density at radius 2 is 2.25 bits per heavy atom. The van der Waals surface area contributed by atoms with Gasteiger partial charge in [0.1, 0.15) is 0 Å². The van der Waals surface area contributed by atoms with Crippen LogP contribution in [0.5, 0.6) is 0 Å². The van der Waals surface area contributed by atoms with E-state index in [2.05, 4.69) is 6.07 Å². The summed E-state index contributed by atoms with van der Waals surface area (Å²) in [6.07, 6.45) is 4.46. The second-order valence-corrected chi connectivity index (χ2v) is 3.55. The van der Waals surface area contributed by atoms with Crippen molar-refractivity contribution in [2.45, 2.75) is 6.54 Å². The lowest BCUT2D eigenvalue weighted by atomic mass is 10.1. The minimum absolute atomic E-state index is 0.653. The first-order chi connectivity index (χ1) is 7.81. The van der Waals surface area contributed by atoms with E-state index in [1.165, 1.54) is 0 Å². The van der Waals surface area contributed by atoms with Crippen molar-refractivity contribution in [1.29, 1.82) is 5.26 Å². The lowest BCUT2D eigenvalue weighted by molar-refractivity contribution is 0.112. The van der Waals surface area contributed by atoms with Gasteiger partial charge < -0.3 is 4.57 Å². The summed E-state index contributed by atoms with van der Waals surface area (Å²) in [5.41, 5.74) is 2.36. The van der Waals surface area contributed by atoms with Crippen molar-refractivity contribution in [3.8, 4) is 6.07 Å². The van der Waals surface area contributed by atoms with Crippen molar-refractivity contribution in [3.05, 3.63) is 59.4 Å². The average Bonchev–Trinajstić information content (AvgIpc) is 2.77. The summed E-state index contributed by atoms with van der Waals surface area (Å²) in [6, 6.07) is 11.3. The lowest BCUT2D eigenvalue weighted by Gasteiger charge is -2.02. The number of hydrogen-bond donors (Lipinski definition) is 0. The zero-order valence-corrected chi connectivity index (χ0v) is 8.63. The quantitative estimate of drug-likeness (QED) is 0.729. The molecule has 0 radical (unpaired) electrons. The summed E-state index contributed by atoms with van der Waals surface area (Å²) in [4.78, 5) is 10.5. The predicted octanol–water partition coefficient (Wildman–Crippen LogP) is 2.22. The van der Waals surface area contributed by atoms with Crippen molar-refractivity contribution >= 4 is 6.29 Å². The van der Waals surface area contributed by atoms with E-state index in [9.17, 15) is 4.79 Å². The highest BCUT2D eigenvalue weighted by Crippen LogP contribution is 2.07. The first-order valence-corrected chi connectivity index (χ1v) is 4.92. The topological polar surface area (TPSA) is 45.8 Å². The van der Waals surface area contributed by atoms with Crippen molar-refractivity contribution in [1.82, 2.24) is 4.57 Å². The molecule has 0 spiro atoms. The Bertz CT molecular complexity index is 549. The van der Waals surface area contributed by atoms with Gasteiger partial charge in [-0.3, -0.25) is 4.79 Å². The smallest absolute Gasteiger partial charge is 0.151 e. The summed E-state index contributed by atoms with van der Waals surface area (Å²) >= 11 is 0. The van der Waals surface area contributed by atoms with E-state index in [0.29, 0.717) is 17.7 Å². The molecule has 0 bridgehead atoms. The summed E-state index contributed by atoms with van der Waals surface area (Å²) in [5, 5.41) is 8.77. The molecule has 0 amide bonds. The Kier molecular flexibility index (Phi) is 2.84. The molecule has 2 rings (SSSR count). The Balaban J connectivity index is 2.20. The lowest BCUT2D eigenvalue weighted by Crippen LogP contribution is -1.96. The third-order valence-electron chi connectivity index (χ3n) is 2.33. The number of aldehydes is 1. The molecular weight excluding hydrogens is 200 g/mol. The maximum Gasteiger partial charge on any atom is 0.151 e. The van der Waals surface area contributed by atoms with E-state index in [1.807, 2.05) is 29.0 Å². The van der Waals surface area contributed by atoms with E-state index in [4.69, 9.17) is 5.26 Å². The van der Waals surface area contributed by atoms with Gasteiger partial charge in [-0.05, 0) is 23.8 Å². The molecule has 16 heavy (non-hydrogen) atoms. The van der Waals surface area contributed by atoms with Crippen LogP contribution in [0.2, 0.25) is 0 Å². The molecule has 0 unspecified atom stereocenters. The molecule has 0 aliphatic heterocycles. The molecule has 3 heteroatoms. The minimum atomic E-state index is 0.653. The van der Waals surface area contributed by atoms with Gasteiger partial charge in [-0.2, -0.15) is 5.26 Å². The zero-order chi connectivity index (χ0) is 11.4. The number of carbonyl (C=O) groups is 1. The third-order valence-corrected chi connectivity index (χ3v) is 2.33. The minimum Gasteiger partial charge on any atom is -0.349 e. The van der Waals surface area contributed by atoms with Gasteiger partial charge in [-0.1, -0.05) is 12.1 Å². The second kappa shape index (κ2) is 4.45. The summed E-state index contributed by atoms with van der Waals surface area (Å²) < 4.78 is 1.92. The van der Waals surface area contributed by atoms with E-state index in [1.54, 1.807) is 18.3 Å². The van der Waals surface area contributed by atoms with Crippen LogP contribution in [0.4, 0.5) is 0 Å². The Labute approximate surface area is 93.6 Å². The molecule has 0 fully saturated rings. The van der Waals surface area contributed by atoms with Crippen LogP contribution in [-0.2, 0) is 6.54 Å². The van der Waals surface area contributed by atoms with Crippen molar-refractivity contribution in [2.24, 2.45) is 0 Å². The molecular formula is C13H10N2O. The standard InChI is InChI=1S/C13H10N2O/c14-7-11-2-1-3-12(6-11)8-15-5-4-13(9-15)10-16/h1-6,9-10H,8H2. The Morgan fingerprint density at radius 3 is 2.94 bits per heavy atom. The van der Waals surface area contributed by atoms with Crippen LogP contribution in [-0.4, -0.2) is 10.9 Å². The first kappa shape index (κ1) is 10.2. The van der Waals surface area contributed by atoms with Crippen LogP contribution in [0.25, 0.3) is 0 Å². The van der Waals surface area contributed by atoms with Crippen molar-refractivity contribution in [3.63, 3.8) is 0 Å². The highest BCUT2D eigenvalue weighted by molar-refractivity contribution is 5.74. The normalized spacial score (nSPS) is 9.69. The molecule has 0 N–H and O–H groups in total. The maximum absolute atomic E-state index is 10.5. The van der Waals surface area contributed by atoms with Crippen LogP contribution >= 0.6 is 0 Å². The number of hydrogen-bond acceptors (Lipinski definition) is 2. The molecule has 3 nitrogen and oxygen atoms in total. The molecule has 0 saturated carbocycles. The van der Waals surface area contributed by atoms with Gasteiger partial charge >= 0.3 is 0 Å². The Hall–Kier alpha value is -2.34. The zero-order valence-electron chi connectivity index (χ0n) is 8.63. The third kappa shape index (κ3) is 2.18. The highest BCUT2D eigenvalue weighted by atomic mass is 16.1. The number of rotatable bonds is 3. The van der Waals surface area contributed by atoms with Crippen LogP contribution < -0.4 is 0 Å². The molecule has 78 valence electrons. The number of nitriles is 1. The van der Waals surface area contributed by atoms with Crippen molar-refractivity contribution < 1.29 is 4.79 Å². The van der Waals surface area contributed by atoms with Crippen LogP contribution in [0.15, 0.2) is 42.7 Å². The van der Waals surface area contributed by atoms with E-state index in [0.717, 1.165) is 11.8 Å². The van der Waals surface area contributed by atoms with E-state index < -0.39 is 0 Å². The van der Waals surface area contributed by atoms with E-state index >= 15 is 0 Å². The molecule has 1 heterocycles. The van der Waals surface area contributed by atoms with Gasteiger partial charge in [0, 0.05) is 24.5 Å². The molecule has 0 atom stereocenters. The summed E-state index contributed by atoms with van der Waals surface area (Å²) in [6.45, 7) is 0.670. The van der Waals surface area contributed by atoms with Crippen LogP contribution in [0, 0.1) is 11.3 Å². The highest BCUT2D eigenvalue weighted by Gasteiger charge is 1.98. The number of benzene rings is 1. The molecule has 0 aliphatic carbocycles. The van der Waals surface area contributed by atoms with Crippen molar-refractivity contribution in [2.75, 3.05) is 0 Å². The largest absolute Gasteiger partial charge is 0.349 e. The average molecular weight is 210 g/mol. The van der Waals surface area contributed by atoms with Gasteiger partial charge in [-0.25, -0.2) is 0 Å². The van der Waals surface area contributed by atoms with Crippen LogP contribution in [0.3, 0.4) is 0 Å². The molecule has 0 aliphatic rings. The summed E-state index contributed by atoms with van der Waals surface area (Å²) in [5.74, 6) is 0. The fourth-order valence-corrected chi connectivity index (χ4v) is 1.58. The number of carbonyl (C=O) groups excluding carboxylic acids is 1. The predicted molar refractivity (Wildman–Crippen MR) is 60.1 cm³/mol. The van der Waals surface area contributed by atoms with Gasteiger partial charge in [-0.15, -0.1) is 0 Å². The summed E-state index contributed by atoms with van der Waals surface area (Å²) in [7, 11) is 0. The molecule has 2 aromatic rings. The fourth-order valence-electron chi connectivity index (χ4n) is 1.58. The van der Waals surface area contributed by atoms with Gasteiger partial charge in [0.15, 0.2) is 6.29 Å². The monoisotopic (exact) mass is 210 g/mol. The van der Waals surface area contributed by atoms with Gasteiger partial charge in [0.2, 0.25) is 0 Å². The van der Waals surface area contributed by atoms with Gasteiger partial charge in [0.05, 0.1) is 11.6 Å². The first-order valence-electron chi connectivity index (χ1n) is 4.92. The fraction of sp³-hybridized carbons (Fsp3) is 0.0769. The maximum atomic E-state index is 10.5. The SMILES string of the molecule is N#Cc1cccc(Cn2ccc(C=O)c2)c1. The Morgan fingerprint density at radius 1 is 1.38 bits per heavy atom. The van der Waals surface area contributed by atoms with E-state index in [-0.39, 0.29) is 0 Å². The molecule has 1 aromatic heterocycles. The number of nitrogens with zero attached hydrogens (tertiary/aromatic N) is 2. The molecule has 0 saturated heterocycles. The number of aromatic nitrogens is 1. The van der Waals surface area contributed by atoms with Crippen LogP contribution in [0.1, 0.15) is 21.5 Å². The molecule has 1 aromatic carbocycles. The second-order valence-electron chi connectivity index (χ2n) is 3.55.